The Morgan fingerprint density at radius 1 is 1.20 bits per heavy atom. The zero-order valence-corrected chi connectivity index (χ0v) is 8.10. The highest BCUT2D eigenvalue weighted by Crippen LogP contribution is 2.20. The van der Waals surface area contributed by atoms with Crippen LogP contribution in [0.15, 0.2) is 30.3 Å². The molecule has 1 aromatic rings. The van der Waals surface area contributed by atoms with Crippen LogP contribution in [-0.4, -0.2) is 22.3 Å². The molecule has 5 nitrogen and oxygen atoms in total. The molecule has 5 heteroatoms. The molecular formula is C10H11NO4. The molecule has 15 heavy (non-hydrogen) atoms. The topological polar surface area (TPSA) is 86.6 Å². The van der Waals surface area contributed by atoms with Crippen LogP contribution in [0.5, 0.6) is 0 Å². The van der Waals surface area contributed by atoms with E-state index in [1.54, 1.807) is 30.3 Å². The van der Waals surface area contributed by atoms with E-state index in [4.69, 9.17) is 10.2 Å². The molecule has 0 spiro atoms. The summed E-state index contributed by atoms with van der Waals surface area (Å²) in [6, 6.07) is 8.15. The van der Waals surface area contributed by atoms with Crippen LogP contribution in [0.25, 0.3) is 0 Å². The normalized spacial score (nSPS) is 13.9. The second kappa shape index (κ2) is 4.00. The Hall–Kier alpha value is -2.04. The third kappa shape index (κ3) is 2.25. The molecule has 0 bridgehead atoms. The van der Waals surface area contributed by atoms with E-state index in [-0.39, 0.29) is 0 Å². The van der Waals surface area contributed by atoms with Gasteiger partial charge in [-0.25, -0.2) is 9.59 Å². The molecule has 1 aromatic carbocycles. The van der Waals surface area contributed by atoms with Crippen LogP contribution in [0.2, 0.25) is 0 Å². The molecular weight excluding hydrogens is 198 g/mol. The van der Waals surface area contributed by atoms with Gasteiger partial charge < -0.3 is 15.5 Å². The van der Waals surface area contributed by atoms with Crippen molar-refractivity contribution in [2.75, 3.05) is 0 Å². The van der Waals surface area contributed by atoms with Gasteiger partial charge in [0.05, 0.1) is 0 Å². The quantitative estimate of drug-likeness (QED) is 0.699. The molecule has 0 aliphatic heterocycles. The lowest BCUT2D eigenvalue weighted by molar-refractivity contribution is -0.144. The molecule has 0 aromatic heterocycles. The zero-order chi connectivity index (χ0) is 11.5. The molecule has 0 radical (unpaired) electrons. The fraction of sp³-hybridized carbons (Fsp3) is 0.200. The largest absolute Gasteiger partial charge is 0.479 e. The van der Waals surface area contributed by atoms with Gasteiger partial charge in [-0.2, -0.15) is 0 Å². The van der Waals surface area contributed by atoms with Crippen molar-refractivity contribution in [2.24, 2.45) is 0 Å². The summed E-state index contributed by atoms with van der Waals surface area (Å²) in [5.41, 5.74) is -1.23. The van der Waals surface area contributed by atoms with Crippen LogP contribution in [0.3, 0.4) is 0 Å². The monoisotopic (exact) mass is 209 g/mol. The Labute approximate surface area is 86.4 Å². The number of benzene rings is 1. The Morgan fingerprint density at radius 3 is 2.13 bits per heavy atom. The summed E-state index contributed by atoms with van der Waals surface area (Å²) in [5, 5.41) is 19.6. The fourth-order valence-corrected chi connectivity index (χ4v) is 1.23. The Morgan fingerprint density at radius 2 is 1.73 bits per heavy atom. The fourth-order valence-electron chi connectivity index (χ4n) is 1.23. The first-order chi connectivity index (χ1) is 6.97. The second-order valence-electron chi connectivity index (χ2n) is 3.23. The SMILES string of the molecule is CC(NC(=O)O)(C(=O)O)c1ccccc1. The van der Waals surface area contributed by atoms with Crippen molar-refractivity contribution in [3.05, 3.63) is 35.9 Å². The zero-order valence-electron chi connectivity index (χ0n) is 8.10. The van der Waals surface area contributed by atoms with Gasteiger partial charge in [0, 0.05) is 0 Å². The third-order valence-electron chi connectivity index (χ3n) is 2.14. The number of nitrogens with one attached hydrogen (secondary N) is 1. The van der Waals surface area contributed by atoms with E-state index < -0.39 is 17.6 Å². The first-order valence-electron chi connectivity index (χ1n) is 4.27. The Balaban J connectivity index is 3.13. The molecule has 80 valence electrons. The van der Waals surface area contributed by atoms with E-state index in [9.17, 15) is 9.59 Å². The van der Waals surface area contributed by atoms with Gasteiger partial charge in [-0.05, 0) is 12.5 Å². The summed E-state index contributed by atoms with van der Waals surface area (Å²) < 4.78 is 0. The summed E-state index contributed by atoms with van der Waals surface area (Å²) in [6.07, 6.45) is -1.37. The predicted octanol–water partition coefficient (Wildman–Crippen LogP) is 1.25. The highest BCUT2D eigenvalue weighted by molar-refractivity contribution is 5.84. The van der Waals surface area contributed by atoms with E-state index in [2.05, 4.69) is 0 Å². The lowest BCUT2D eigenvalue weighted by atomic mass is 9.92. The summed E-state index contributed by atoms with van der Waals surface area (Å²) in [6.45, 7) is 1.30. The van der Waals surface area contributed by atoms with Crippen molar-refractivity contribution in [3.8, 4) is 0 Å². The summed E-state index contributed by atoms with van der Waals surface area (Å²) in [5.74, 6) is -1.24. The number of rotatable bonds is 3. The molecule has 0 saturated carbocycles. The van der Waals surface area contributed by atoms with Crippen molar-refractivity contribution < 1.29 is 19.8 Å². The molecule has 1 unspecified atom stereocenters. The molecule has 3 N–H and O–H groups in total. The summed E-state index contributed by atoms with van der Waals surface area (Å²) in [7, 11) is 0. The van der Waals surface area contributed by atoms with Gasteiger partial charge in [0.1, 0.15) is 0 Å². The molecule has 1 atom stereocenters. The van der Waals surface area contributed by atoms with E-state index in [1.807, 2.05) is 5.32 Å². The minimum atomic E-state index is -1.62. The van der Waals surface area contributed by atoms with Crippen molar-refractivity contribution >= 4 is 12.1 Å². The van der Waals surface area contributed by atoms with Crippen molar-refractivity contribution in [3.63, 3.8) is 0 Å². The molecule has 1 amide bonds. The Bertz CT molecular complexity index is 376. The molecule has 0 aliphatic rings. The van der Waals surface area contributed by atoms with Crippen LogP contribution in [-0.2, 0) is 10.3 Å². The molecule has 0 saturated heterocycles. The minimum Gasteiger partial charge on any atom is -0.479 e. The van der Waals surface area contributed by atoms with Gasteiger partial charge in [-0.1, -0.05) is 30.3 Å². The number of amides is 1. The highest BCUT2D eigenvalue weighted by atomic mass is 16.4. The smallest absolute Gasteiger partial charge is 0.405 e. The Kier molecular flexibility index (Phi) is 2.94. The van der Waals surface area contributed by atoms with Gasteiger partial charge >= 0.3 is 12.1 Å². The van der Waals surface area contributed by atoms with Crippen LogP contribution < -0.4 is 5.32 Å². The number of aliphatic carboxylic acids is 1. The first-order valence-corrected chi connectivity index (χ1v) is 4.27. The predicted molar refractivity (Wildman–Crippen MR) is 52.6 cm³/mol. The molecule has 1 rings (SSSR count). The summed E-state index contributed by atoms with van der Waals surface area (Å²) in [4.78, 5) is 21.5. The van der Waals surface area contributed by atoms with Gasteiger partial charge in [0.2, 0.25) is 0 Å². The number of carboxylic acids is 1. The van der Waals surface area contributed by atoms with E-state index in [1.165, 1.54) is 6.92 Å². The maximum absolute atomic E-state index is 11.0. The van der Waals surface area contributed by atoms with Crippen molar-refractivity contribution in [1.29, 1.82) is 0 Å². The van der Waals surface area contributed by atoms with Crippen molar-refractivity contribution in [2.45, 2.75) is 12.5 Å². The van der Waals surface area contributed by atoms with Gasteiger partial charge in [0.25, 0.3) is 0 Å². The van der Waals surface area contributed by atoms with Crippen LogP contribution in [0.4, 0.5) is 4.79 Å². The first kappa shape index (κ1) is 11.0. The second-order valence-corrected chi connectivity index (χ2v) is 3.23. The average molecular weight is 209 g/mol. The standard InChI is InChI=1S/C10H11NO4/c1-10(8(12)13,11-9(14)15)7-5-3-2-4-6-7/h2-6,11H,1H3,(H,12,13)(H,14,15). The van der Waals surface area contributed by atoms with Crippen LogP contribution >= 0.6 is 0 Å². The minimum absolute atomic E-state index is 0.389. The van der Waals surface area contributed by atoms with E-state index in [0.29, 0.717) is 5.56 Å². The summed E-state index contributed by atoms with van der Waals surface area (Å²) >= 11 is 0. The van der Waals surface area contributed by atoms with Crippen LogP contribution in [0, 0.1) is 0 Å². The van der Waals surface area contributed by atoms with Gasteiger partial charge in [-0.15, -0.1) is 0 Å². The molecule has 0 fully saturated rings. The molecule has 0 aliphatic carbocycles. The lowest BCUT2D eigenvalue weighted by Gasteiger charge is -2.24. The highest BCUT2D eigenvalue weighted by Gasteiger charge is 2.36. The van der Waals surface area contributed by atoms with E-state index in [0.717, 1.165) is 0 Å². The number of hydrogen-bond donors (Lipinski definition) is 3. The maximum Gasteiger partial charge on any atom is 0.405 e. The van der Waals surface area contributed by atoms with E-state index >= 15 is 0 Å². The van der Waals surface area contributed by atoms with Crippen molar-refractivity contribution in [1.82, 2.24) is 5.32 Å². The van der Waals surface area contributed by atoms with Crippen LogP contribution in [0.1, 0.15) is 12.5 Å². The third-order valence-corrected chi connectivity index (χ3v) is 2.14. The molecule has 0 heterocycles. The number of carbonyl (C=O) groups is 2. The van der Waals surface area contributed by atoms with Gasteiger partial charge in [-0.3, -0.25) is 0 Å². The van der Waals surface area contributed by atoms with Gasteiger partial charge in [0.15, 0.2) is 5.54 Å². The lowest BCUT2D eigenvalue weighted by Crippen LogP contribution is -2.49. The number of hydrogen-bond acceptors (Lipinski definition) is 2. The maximum atomic E-state index is 11.0. The number of carboxylic acid groups (broad SMARTS) is 2. The average Bonchev–Trinajstić information content (AvgIpc) is 2.17.